The van der Waals surface area contributed by atoms with E-state index < -0.39 is 5.54 Å². The molecule has 3 heterocycles. The lowest BCUT2D eigenvalue weighted by Crippen LogP contribution is -2.57. The van der Waals surface area contributed by atoms with Crippen LogP contribution in [0.15, 0.2) is 66.5 Å². The number of likely N-dealkylation sites (tertiary alicyclic amines) is 1. The molecule has 1 aromatic carbocycles. The Morgan fingerprint density at radius 1 is 1.06 bits per heavy atom. The SMILES string of the molecule is CC(C)=CCC[C@H](C)CN1CCC2(CC1)C(=O)N(Cc1cccnc1)C(=O)N2CCc1ccccc1. The van der Waals surface area contributed by atoms with E-state index in [1.54, 1.807) is 12.4 Å². The number of benzene rings is 1. The lowest BCUT2D eigenvalue weighted by atomic mass is 9.85. The van der Waals surface area contributed by atoms with Crippen molar-refractivity contribution in [2.24, 2.45) is 5.92 Å². The highest BCUT2D eigenvalue weighted by molar-refractivity contribution is 6.07. The lowest BCUT2D eigenvalue weighted by Gasteiger charge is -2.43. The molecule has 2 aliphatic rings. The third kappa shape index (κ3) is 6.04. The molecule has 0 bridgehead atoms. The summed E-state index contributed by atoms with van der Waals surface area (Å²) in [6, 6.07) is 13.8. The topological polar surface area (TPSA) is 56.8 Å². The van der Waals surface area contributed by atoms with Crippen molar-refractivity contribution in [3.63, 3.8) is 0 Å². The van der Waals surface area contributed by atoms with Crippen LogP contribution in [-0.2, 0) is 17.8 Å². The van der Waals surface area contributed by atoms with Crippen LogP contribution in [0.2, 0.25) is 0 Å². The van der Waals surface area contributed by atoms with E-state index in [1.807, 2.05) is 35.2 Å². The van der Waals surface area contributed by atoms with Gasteiger partial charge in [-0.15, -0.1) is 0 Å². The van der Waals surface area contributed by atoms with Gasteiger partial charge in [-0.2, -0.15) is 0 Å². The van der Waals surface area contributed by atoms with Crippen molar-refractivity contribution in [1.82, 2.24) is 19.7 Å². The Kier molecular flexibility index (Phi) is 8.57. The predicted octanol–water partition coefficient (Wildman–Crippen LogP) is 5.31. The minimum Gasteiger partial charge on any atom is -0.309 e. The van der Waals surface area contributed by atoms with Crippen LogP contribution in [0.4, 0.5) is 4.79 Å². The second-order valence-electron chi connectivity index (χ2n) is 10.7. The molecule has 0 unspecified atom stereocenters. The van der Waals surface area contributed by atoms with Crippen molar-refractivity contribution >= 4 is 11.9 Å². The van der Waals surface area contributed by atoms with Crippen LogP contribution in [0.25, 0.3) is 0 Å². The van der Waals surface area contributed by atoms with E-state index in [1.165, 1.54) is 22.5 Å². The first-order valence-electron chi connectivity index (χ1n) is 13.3. The van der Waals surface area contributed by atoms with Crippen molar-refractivity contribution in [2.45, 2.75) is 65.0 Å². The molecule has 192 valence electrons. The molecule has 4 rings (SSSR count). The third-order valence-electron chi connectivity index (χ3n) is 7.62. The normalized spacial score (nSPS) is 18.6. The molecule has 3 amide bonds. The Labute approximate surface area is 216 Å². The molecular formula is C30H40N4O2. The predicted molar refractivity (Wildman–Crippen MR) is 143 cm³/mol. The second kappa shape index (κ2) is 11.8. The maximum absolute atomic E-state index is 13.9. The van der Waals surface area contributed by atoms with Crippen LogP contribution < -0.4 is 0 Å². The van der Waals surface area contributed by atoms with Gasteiger partial charge in [0.15, 0.2) is 0 Å². The number of aromatic nitrogens is 1. The molecule has 6 heteroatoms. The standard InChI is InChI=1S/C30H40N4O2/c1-24(2)9-7-10-25(3)22-32-19-15-30(16-20-32)28(35)33(23-27-13-8-17-31-21-27)29(36)34(30)18-14-26-11-5-4-6-12-26/h4-6,8-9,11-13,17,21,25H,7,10,14-16,18-20,22-23H2,1-3H3/t25-/m0/s1. The van der Waals surface area contributed by atoms with Gasteiger partial charge in [-0.3, -0.25) is 14.7 Å². The number of hydrogen-bond donors (Lipinski definition) is 0. The van der Waals surface area contributed by atoms with E-state index in [0.29, 0.717) is 25.3 Å². The summed E-state index contributed by atoms with van der Waals surface area (Å²) in [6.07, 6.45) is 10.2. The highest BCUT2D eigenvalue weighted by atomic mass is 16.2. The molecule has 0 N–H and O–H groups in total. The zero-order chi connectivity index (χ0) is 25.5. The minimum absolute atomic E-state index is 0.0410. The smallest absolute Gasteiger partial charge is 0.309 e. The fraction of sp³-hybridized carbons (Fsp3) is 0.500. The molecule has 0 radical (unpaired) electrons. The summed E-state index contributed by atoms with van der Waals surface area (Å²) in [7, 11) is 0. The number of imide groups is 1. The molecule has 1 aromatic heterocycles. The fourth-order valence-corrected chi connectivity index (χ4v) is 5.57. The summed E-state index contributed by atoms with van der Waals surface area (Å²) in [6.45, 7) is 10.2. The average molecular weight is 489 g/mol. The minimum atomic E-state index is -0.740. The summed E-state index contributed by atoms with van der Waals surface area (Å²) in [5.74, 6) is 0.562. The van der Waals surface area contributed by atoms with Gasteiger partial charge in [-0.05, 0) is 69.1 Å². The van der Waals surface area contributed by atoms with E-state index in [0.717, 1.165) is 38.0 Å². The summed E-state index contributed by atoms with van der Waals surface area (Å²) >= 11 is 0. The van der Waals surface area contributed by atoms with Crippen LogP contribution in [0.1, 0.15) is 57.6 Å². The molecule has 36 heavy (non-hydrogen) atoms. The monoisotopic (exact) mass is 488 g/mol. The Morgan fingerprint density at radius 2 is 1.78 bits per heavy atom. The molecule has 1 atom stereocenters. The largest absolute Gasteiger partial charge is 0.328 e. The number of hydrogen-bond acceptors (Lipinski definition) is 4. The van der Waals surface area contributed by atoms with Gasteiger partial charge in [0.05, 0.1) is 6.54 Å². The molecule has 6 nitrogen and oxygen atoms in total. The highest BCUT2D eigenvalue weighted by Crippen LogP contribution is 2.38. The maximum Gasteiger partial charge on any atom is 0.328 e. The molecule has 2 aliphatic heterocycles. The quantitative estimate of drug-likeness (QED) is 0.336. The number of urea groups is 1. The summed E-state index contributed by atoms with van der Waals surface area (Å²) in [5, 5.41) is 0. The molecule has 2 aromatic rings. The van der Waals surface area contributed by atoms with Gasteiger partial charge in [-0.1, -0.05) is 55.0 Å². The van der Waals surface area contributed by atoms with Gasteiger partial charge in [0.25, 0.3) is 5.91 Å². The van der Waals surface area contributed by atoms with Crippen molar-refractivity contribution in [3.8, 4) is 0 Å². The Morgan fingerprint density at radius 3 is 2.44 bits per heavy atom. The van der Waals surface area contributed by atoms with Gasteiger partial charge in [0, 0.05) is 38.6 Å². The number of allylic oxidation sites excluding steroid dienone is 2. The number of piperidine rings is 1. The number of carbonyl (C=O) groups excluding carboxylic acids is 2. The molecule has 0 aliphatic carbocycles. The van der Waals surface area contributed by atoms with Crippen LogP contribution in [-0.4, -0.2) is 63.3 Å². The summed E-state index contributed by atoms with van der Waals surface area (Å²) in [4.78, 5) is 37.5. The molecule has 2 fully saturated rings. The number of rotatable bonds is 10. The van der Waals surface area contributed by atoms with E-state index >= 15 is 0 Å². The van der Waals surface area contributed by atoms with E-state index in [4.69, 9.17) is 0 Å². The van der Waals surface area contributed by atoms with Crippen molar-refractivity contribution in [1.29, 1.82) is 0 Å². The van der Waals surface area contributed by atoms with E-state index in [-0.39, 0.29) is 18.5 Å². The van der Waals surface area contributed by atoms with Crippen LogP contribution in [0, 0.1) is 5.92 Å². The zero-order valence-corrected chi connectivity index (χ0v) is 22.0. The van der Waals surface area contributed by atoms with Crippen molar-refractivity contribution < 1.29 is 9.59 Å². The number of pyridine rings is 1. The first-order chi connectivity index (χ1) is 17.4. The Bertz CT molecular complexity index is 1040. The Balaban J connectivity index is 1.46. The lowest BCUT2D eigenvalue weighted by molar-refractivity contribution is -0.136. The van der Waals surface area contributed by atoms with Crippen LogP contribution in [0.5, 0.6) is 0 Å². The maximum atomic E-state index is 13.9. The summed E-state index contributed by atoms with van der Waals surface area (Å²) in [5.41, 5.74) is 2.69. The number of amides is 3. The molecule has 1 spiro atoms. The first kappa shape index (κ1) is 26.1. The van der Waals surface area contributed by atoms with Crippen molar-refractivity contribution in [2.75, 3.05) is 26.2 Å². The number of carbonyl (C=O) groups is 2. The zero-order valence-electron chi connectivity index (χ0n) is 22.0. The number of nitrogens with zero attached hydrogens (tertiary/aromatic N) is 4. The van der Waals surface area contributed by atoms with E-state index in [2.05, 4.69) is 48.9 Å². The van der Waals surface area contributed by atoms with E-state index in [9.17, 15) is 9.59 Å². The van der Waals surface area contributed by atoms with Gasteiger partial charge >= 0.3 is 6.03 Å². The van der Waals surface area contributed by atoms with Gasteiger partial charge in [0.2, 0.25) is 0 Å². The first-order valence-corrected chi connectivity index (χ1v) is 13.3. The highest BCUT2D eigenvalue weighted by Gasteiger charge is 2.57. The van der Waals surface area contributed by atoms with Gasteiger partial charge in [-0.25, -0.2) is 4.79 Å². The fourth-order valence-electron chi connectivity index (χ4n) is 5.57. The Hall–Kier alpha value is -2.99. The second-order valence-corrected chi connectivity index (χ2v) is 10.7. The van der Waals surface area contributed by atoms with Crippen LogP contribution in [0.3, 0.4) is 0 Å². The van der Waals surface area contributed by atoms with Crippen LogP contribution >= 0.6 is 0 Å². The summed E-state index contributed by atoms with van der Waals surface area (Å²) < 4.78 is 0. The van der Waals surface area contributed by atoms with Crippen molar-refractivity contribution in [3.05, 3.63) is 77.6 Å². The average Bonchev–Trinajstić information content (AvgIpc) is 3.06. The van der Waals surface area contributed by atoms with Gasteiger partial charge < -0.3 is 9.80 Å². The molecular weight excluding hydrogens is 448 g/mol. The van der Waals surface area contributed by atoms with Gasteiger partial charge in [0.1, 0.15) is 5.54 Å². The molecule has 2 saturated heterocycles. The molecule has 0 saturated carbocycles. The third-order valence-corrected chi connectivity index (χ3v) is 7.62.